The minimum atomic E-state index is -0.124. The van der Waals surface area contributed by atoms with Crippen molar-refractivity contribution < 1.29 is 0 Å². The van der Waals surface area contributed by atoms with Crippen LogP contribution in [0.3, 0.4) is 0 Å². The molecule has 1 aromatic carbocycles. The molecule has 0 saturated carbocycles. The molecule has 1 aliphatic rings. The molecule has 0 amide bonds. The number of fused-ring (bicyclic) bond motifs is 1. The van der Waals surface area contributed by atoms with Crippen LogP contribution in [-0.4, -0.2) is 65.1 Å². The van der Waals surface area contributed by atoms with E-state index in [1.54, 1.807) is 36.1 Å². The highest BCUT2D eigenvalue weighted by atomic mass is 16.1. The Morgan fingerprint density at radius 1 is 0.911 bits per heavy atom. The molecule has 1 aliphatic heterocycles. The number of aromatic nitrogens is 7. The van der Waals surface area contributed by atoms with E-state index in [4.69, 9.17) is 21.0 Å². The highest BCUT2D eigenvalue weighted by molar-refractivity contribution is 5.84. The molecule has 0 unspecified atom stereocenters. The van der Waals surface area contributed by atoms with Crippen LogP contribution in [0.5, 0.6) is 0 Å². The van der Waals surface area contributed by atoms with E-state index in [0.29, 0.717) is 45.3 Å². The summed E-state index contributed by atoms with van der Waals surface area (Å²) in [5.41, 5.74) is 11.7. The average molecular weight is 596 g/mol. The van der Waals surface area contributed by atoms with E-state index in [1.165, 1.54) is 11.9 Å². The third-order valence-corrected chi connectivity index (χ3v) is 8.05. The van der Waals surface area contributed by atoms with Crippen LogP contribution in [0.1, 0.15) is 11.3 Å². The first-order chi connectivity index (χ1) is 22.0. The monoisotopic (exact) mass is 595 g/mol. The molecule has 0 radical (unpaired) electrons. The Balaban J connectivity index is 1.19. The second-order valence-electron chi connectivity index (χ2n) is 10.9. The lowest BCUT2D eigenvalue weighted by atomic mass is 10.1. The van der Waals surface area contributed by atoms with Crippen molar-refractivity contribution in [3.8, 4) is 34.4 Å². The lowest BCUT2D eigenvalue weighted by Gasteiger charge is -2.35. The highest BCUT2D eigenvalue weighted by Crippen LogP contribution is 2.31. The van der Waals surface area contributed by atoms with Crippen LogP contribution in [0, 0.1) is 11.3 Å². The van der Waals surface area contributed by atoms with E-state index in [0.717, 1.165) is 44.2 Å². The number of imidazole rings is 1. The minimum absolute atomic E-state index is 0.124. The molecular formula is C33H29N11O. The molecule has 12 heteroatoms. The Kier molecular flexibility index (Phi) is 7.20. The largest absolute Gasteiger partial charge is 0.383 e. The summed E-state index contributed by atoms with van der Waals surface area (Å²) in [7, 11) is 1.73. The van der Waals surface area contributed by atoms with Gasteiger partial charge in [-0.2, -0.15) is 5.26 Å². The molecule has 2 N–H and O–H groups in total. The Morgan fingerprint density at radius 3 is 2.49 bits per heavy atom. The molecule has 6 heterocycles. The molecule has 0 aliphatic carbocycles. The van der Waals surface area contributed by atoms with Crippen molar-refractivity contribution in [1.82, 2.24) is 39.0 Å². The smallest absolute Gasteiger partial charge is 0.259 e. The molecule has 222 valence electrons. The van der Waals surface area contributed by atoms with Crippen LogP contribution >= 0.6 is 0 Å². The van der Waals surface area contributed by atoms with E-state index in [9.17, 15) is 4.79 Å². The fraction of sp³-hybridized carbons (Fsp3) is 0.182. The van der Waals surface area contributed by atoms with E-state index in [2.05, 4.69) is 55.1 Å². The molecule has 1 saturated heterocycles. The molecule has 7 rings (SSSR count). The van der Waals surface area contributed by atoms with Gasteiger partial charge in [0, 0.05) is 63.9 Å². The third kappa shape index (κ3) is 5.37. The third-order valence-electron chi connectivity index (χ3n) is 8.05. The number of anilines is 2. The first-order valence-electron chi connectivity index (χ1n) is 14.5. The van der Waals surface area contributed by atoms with Gasteiger partial charge in [0.05, 0.1) is 16.8 Å². The number of nitrogens with zero attached hydrogens (tertiary/aromatic N) is 10. The summed E-state index contributed by atoms with van der Waals surface area (Å²) in [4.78, 5) is 40.0. The number of aryl methyl sites for hydroxylation is 1. The first kappa shape index (κ1) is 27.9. The van der Waals surface area contributed by atoms with Gasteiger partial charge in [-0.1, -0.05) is 12.1 Å². The molecule has 1 fully saturated rings. The van der Waals surface area contributed by atoms with Crippen molar-refractivity contribution in [2.45, 2.75) is 6.54 Å². The van der Waals surface area contributed by atoms with Gasteiger partial charge in [-0.05, 0) is 54.1 Å². The topological polar surface area (TPSA) is 148 Å². The van der Waals surface area contributed by atoms with Crippen LogP contribution in [0.4, 0.5) is 11.6 Å². The zero-order valence-electron chi connectivity index (χ0n) is 24.6. The second-order valence-corrected chi connectivity index (χ2v) is 10.9. The van der Waals surface area contributed by atoms with Gasteiger partial charge < -0.3 is 15.2 Å². The molecule has 0 spiro atoms. The van der Waals surface area contributed by atoms with E-state index < -0.39 is 0 Å². The summed E-state index contributed by atoms with van der Waals surface area (Å²) in [5.74, 6) is 1.77. The number of hydrogen-bond acceptors (Lipinski definition) is 10. The van der Waals surface area contributed by atoms with E-state index in [-0.39, 0.29) is 5.56 Å². The molecule has 0 atom stereocenters. The van der Waals surface area contributed by atoms with Gasteiger partial charge in [0.1, 0.15) is 35.2 Å². The number of hydrogen-bond donors (Lipinski definition) is 1. The molecule has 5 aromatic heterocycles. The van der Waals surface area contributed by atoms with Crippen molar-refractivity contribution in [2.24, 2.45) is 7.05 Å². The summed E-state index contributed by atoms with van der Waals surface area (Å²) < 4.78 is 3.51. The number of benzene rings is 1. The molecule has 0 bridgehead atoms. The number of nitriles is 1. The van der Waals surface area contributed by atoms with Crippen LogP contribution < -0.4 is 16.2 Å². The van der Waals surface area contributed by atoms with Gasteiger partial charge in [0.15, 0.2) is 11.5 Å². The van der Waals surface area contributed by atoms with Crippen molar-refractivity contribution >= 4 is 22.8 Å². The van der Waals surface area contributed by atoms with Gasteiger partial charge in [-0.3, -0.25) is 14.3 Å². The minimum Gasteiger partial charge on any atom is -0.383 e. The fourth-order valence-electron chi connectivity index (χ4n) is 5.66. The zero-order valence-corrected chi connectivity index (χ0v) is 24.6. The van der Waals surface area contributed by atoms with Crippen molar-refractivity contribution in [3.63, 3.8) is 0 Å². The van der Waals surface area contributed by atoms with Gasteiger partial charge in [0.25, 0.3) is 5.56 Å². The Bertz CT molecular complexity index is 2120. The van der Waals surface area contributed by atoms with Gasteiger partial charge in [-0.25, -0.2) is 24.9 Å². The first-order valence-corrected chi connectivity index (χ1v) is 14.5. The maximum absolute atomic E-state index is 12.9. The fourth-order valence-corrected chi connectivity index (χ4v) is 5.66. The van der Waals surface area contributed by atoms with Crippen molar-refractivity contribution in [1.29, 1.82) is 5.26 Å². The number of pyridine rings is 3. The lowest BCUT2D eigenvalue weighted by Crippen LogP contribution is -2.46. The summed E-state index contributed by atoms with van der Waals surface area (Å²) >= 11 is 0. The second kappa shape index (κ2) is 11.6. The van der Waals surface area contributed by atoms with E-state index >= 15 is 0 Å². The van der Waals surface area contributed by atoms with Crippen molar-refractivity contribution in [2.75, 3.05) is 36.8 Å². The average Bonchev–Trinajstić information content (AvgIpc) is 3.45. The summed E-state index contributed by atoms with van der Waals surface area (Å²) in [6.07, 6.45) is 4.82. The number of piperazine rings is 1. The van der Waals surface area contributed by atoms with Crippen LogP contribution in [0.25, 0.3) is 39.5 Å². The molecular weight excluding hydrogens is 566 g/mol. The van der Waals surface area contributed by atoms with E-state index in [1.807, 2.05) is 34.9 Å². The van der Waals surface area contributed by atoms with Crippen molar-refractivity contribution in [3.05, 3.63) is 107 Å². The lowest BCUT2D eigenvalue weighted by molar-refractivity contribution is 0.249. The normalized spacial score (nSPS) is 13.6. The Hall–Kier alpha value is -5.93. The zero-order chi connectivity index (χ0) is 30.9. The Morgan fingerprint density at radius 2 is 1.71 bits per heavy atom. The number of rotatable bonds is 6. The molecule has 12 nitrogen and oxygen atoms in total. The Labute approximate surface area is 258 Å². The molecule has 45 heavy (non-hydrogen) atoms. The predicted octanol–water partition coefficient (Wildman–Crippen LogP) is 3.41. The SMILES string of the molecule is Cn1cccc(-c2ccc3nc(-c4cccnc4N)n(-c4ccc(CN5CCN(c6cc(C#N)ncn6)CC5)cc4)c3n2)c1=O. The van der Waals surface area contributed by atoms with Gasteiger partial charge in [0.2, 0.25) is 0 Å². The van der Waals surface area contributed by atoms with Gasteiger partial charge >= 0.3 is 0 Å². The van der Waals surface area contributed by atoms with Crippen LogP contribution in [0.2, 0.25) is 0 Å². The predicted molar refractivity (Wildman–Crippen MR) is 171 cm³/mol. The quantitative estimate of drug-likeness (QED) is 0.304. The van der Waals surface area contributed by atoms with Gasteiger partial charge in [-0.15, -0.1) is 0 Å². The highest BCUT2D eigenvalue weighted by Gasteiger charge is 2.21. The maximum atomic E-state index is 12.9. The summed E-state index contributed by atoms with van der Waals surface area (Å²) in [6, 6.07) is 23.2. The summed E-state index contributed by atoms with van der Waals surface area (Å²) in [5, 5.41) is 9.17. The summed E-state index contributed by atoms with van der Waals surface area (Å²) in [6.45, 7) is 4.17. The van der Waals surface area contributed by atoms with Crippen LogP contribution in [0.15, 0.2) is 90.2 Å². The van der Waals surface area contributed by atoms with Crippen LogP contribution in [-0.2, 0) is 13.6 Å². The number of nitrogens with two attached hydrogens (primary N) is 1. The maximum Gasteiger partial charge on any atom is 0.259 e. The molecule has 6 aromatic rings. The standard InChI is InChI=1S/C33H29N11O/c1-41-13-3-5-25(33(41)45)27-10-11-28-32(39-27)44(31(40-28)26-4-2-12-36-30(26)35)24-8-6-22(7-9-24)20-42-14-16-43(17-15-42)29-18-23(19-34)37-21-38-29/h2-13,18,21H,14-17,20H2,1H3,(H2,35,36). The number of nitrogen functional groups attached to an aromatic ring is 1.